The third-order valence-electron chi connectivity index (χ3n) is 3.91. The van der Waals surface area contributed by atoms with Crippen molar-refractivity contribution in [3.8, 4) is 5.75 Å². The quantitative estimate of drug-likeness (QED) is 0.420. The molecule has 1 N–H and O–H groups in total. The van der Waals surface area contributed by atoms with E-state index in [0.717, 1.165) is 11.3 Å². The van der Waals surface area contributed by atoms with Crippen LogP contribution in [0.4, 0.5) is 0 Å². The number of carbonyl (C=O) groups excluding carboxylic acids is 2. The smallest absolute Gasteiger partial charge is 0.313 e. The summed E-state index contributed by atoms with van der Waals surface area (Å²) >= 11 is 0. The maximum atomic E-state index is 12.4. The molecule has 0 bridgehead atoms. The summed E-state index contributed by atoms with van der Waals surface area (Å²) in [7, 11) is 1.60. The molecule has 1 heterocycles. The van der Waals surface area contributed by atoms with Crippen molar-refractivity contribution < 1.29 is 24.2 Å². The molecule has 7 nitrogen and oxygen atoms in total. The number of hydrogen-bond acceptors (Lipinski definition) is 6. The Hall–Kier alpha value is -2.67. The van der Waals surface area contributed by atoms with Gasteiger partial charge in [0.25, 0.3) is 0 Å². The molecule has 0 saturated carbocycles. The van der Waals surface area contributed by atoms with Crippen LogP contribution < -0.4 is 4.74 Å². The lowest BCUT2D eigenvalue weighted by Crippen LogP contribution is -2.13. The van der Waals surface area contributed by atoms with Crippen LogP contribution in [-0.2, 0) is 16.1 Å². The van der Waals surface area contributed by atoms with Gasteiger partial charge in [0.1, 0.15) is 17.9 Å². The summed E-state index contributed by atoms with van der Waals surface area (Å²) in [6, 6.07) is 7.48. The van der Waals surface area contributed by atoms with E-state index in [2.05, 4.69) is 5.10 Å². The second-order valence-corrected chi connectivity index (χ2v) is 5.80. The monoisotopic (exact) mass is 360 g/mol. The van der Waals surface area contributed by atoms with Gasteiger partial charge in [0.15, 0.2) is 5.78 Å². The Kier molecular flexibility index (Phi) is 6.91. The van der Waals surface area contributed by atoms with Crippen LogP contribution in [0, 0.1) is 0 Å². The molecule has 0 aliphatic rings. The Balaban J connectivity index is 2.23. The number of aromatic nitrogens is 2. The molecule has 7 heteroatoms. The third kappa shape index (κ3) is 4.92. The topological polar surface area (TPSA) is 90.7 Å². The molecule has 2 aromatic rings. The minimum Gasteiger partial charge on any atom is -0.497 e. The van der Waals surface area contributed by atoms with Gasteiger partial charge in [-0.05, 0) is 31.0 Å². The Labute approximate surface area is 152 Å². The van der Waals surface area contributed by atoms with Crippen LogP contribution in [0.5, 0.6) is 5.75 Å². The van der Waals surface area contributed by atoms with E-state index >= 15 is 0 Å². The van der Waals surface area contributed by atoms with Crippen LogP contribution in [0.25, 0.3) is 0 Å². The summed E-state index contributed by atoms with van der Waals surface area (Å²) in [6.07, 6.45) is 0.748. The minimum absolute atomic E-state index is 0.216. The van der Waals surface area contributed by atoms with Gasteiger partial charge in [-0.15, -0.1) is 0 Å². The number of nitrogens with zero attached hydrogens (tertiary/aromatic N) is 2. The van der Waals surface area contributed by atoms with E-state index in [1.165, 1.54) is 0 Å². The molecule has 1 unspecified atom stereocenters. The van der Waals surface area contributed by atoms with Gasteiger partial charge in [-0.1, -0.05) is 19.1 Å². The number of benzene rings is 1. The highest BCUT2D eigenvalue weighted by atomic mass is 16.5. The number of methoxy groups -OCH3 is 1. The number of esters is 1. The van der Waals surface area contributed by atoms with Crippen molar-refractivity contribution in [3.05, 3.63) is 47.3 Å². The van der Waals surface area contributed by atoms with Crippen molar-refractivity contribution in [2.75, 3.05) is 13.7 Å². The van der Waals surface area contributed by atoms with E-state index in [0.29, 0.717) is 13.0 Å². The lowest BCUT2D eigenvalue weighted by atomic mass is 10.0. The first-order chi connectivity index (χ1) is 12.5. The van der Waals surface area contributed by atoms with Gasteiger partial charge in [0, 0.05) is 6.20 Å². The molecule has 1 atom stereocenters. The Morgan fingerprint density at radius 1 is 1.23 bits per heavy atom. The molecule has 0 amide bonds. The predicted molar refractivity (Wildman–Crippen MR) is 95.2 cm³/mol. The summed E-state index contributed by atoms with van der Waals surface area (Å²) in [5.74, 6) is -0.245. The molecule has 140 valence electrons. The van der Waals surface area contributed by atoms with Gasteiger partial charge in [-0.2, -0.15) is 5.10 Å². The number of aliphatic hydroxyl groups excluding tert-OH is 1. The fourth-order valence-corrected chi connectivity index (χ4v) is 2.53. The molecule has 1 aromatic carbocycles. The largest absolute Gasteiger partial charge is 0.497 e. The van der Waals surface area contributed by atoms with Crippen molar-refractivity contribution >= 4 is 11.8 Å². The molecule has 0 fully saturated rings. The first-order valence-corrected chi connectivity index (χ1v) is 8.55. The van der Waals surface area contributed by atoms with Gasteiger partial charge < -0.3 is 14.6 Å². The number of Topliss-reactive ketones (excluding diaryl/α,β-unsaturated/α-hetero) is 1. The summed E-state index contributed by atoms with van der Waals surface area (Å²) in [5.41, 5.74) is 1.51. The van der Waals surface area contributed by atoms with Crippen molar-refractivity contribution in [1.82, 2.24) is 9.78 Å². The maximum absolute atomic E-state index is 12.4. The molecular weight excluding hydrogens is 336 g/mol. The molecule has 0 saturated heterocycles. The van der Waals surface area contributed by atoms with E-state index in [1.54, 1.807) is 31.8 Å². The number of rotatable bonds is 9. The molecular formula is C19H24N2O5. The number of aliphatic hydroxyl groups is 1. The van der Waals surface area contributed by atoms with Crippen LogP contribution >= 0.6 is 0 Å². The molecule has 2 rings (SSSR count). The number of ether oxygens (including phenoxy) is 2. The van der Waals surface area contributed by atoms with Gasteiger partial charge in [0.2, 0.25) is 0 Å². The number of ketones is 1. The highest BCUT2D eigenvalue weighted by molar-refractivity contribution is 6.06. The van der Waals surface area contributed by atoms with E-state index in [-0.39, 0.29) is 24.3 Å². The molecule has 0 radical (unpaired) electrons. The average Bonchev–Trinajstić information content (AvgIpc) is 3.06. The highest BCUT2D eigenvalue weighted by Gasteiger charge is 2.23. The second-order valence-electron chi connectivity index (χ2n) is 5.80. The summed E-state index contributed by atoms with van der Waals surface area (Å²) < 4.78 is 11.5. The zero-order chi connectivity index (χ0) is 19.1. The lowest BCUT2D eigenvalue weighted by Gasteiger charge is -2.07. The zero-order valence-electron chi connectivity index (χ0n) is 15.3. The van der Waals surface area contributed by atoms with E-state index < -0.39 is 17.9 Å². The van der Waals surface area contributed by atoms with Crippen molar-refractivity contribution in [3.63, 3.8) is 0 Å². The SMILES string of the molecule is CCOC(=O)CC(=O)c1cn(Cc2ccc(OC)cc2)nc1C(O)CC. The van der Waals surface area contributed by atoms with Crippen LogP contribution in [0.2, 0.25) is 0 Å². The molecule has 0 aliphatic carbocycles. The molecule has 26 heavy (non-hydrogen) atoms. The van der Waals surface area contributed by atoms with Gasteiger partial charge in [-0.25, -0.2) is 0 Å². The fourth-order valence-electron chi connectivity index (χ4n) is 2.53. The van der Waals surface area contributed by atoms with E-state index in [1.807, 2.05) is 24.3 Å². The third-order valence-corrected chi connectivity index (χ3v) is 3.91. The van der Waals surface area contributed by atoms with Crippen LogP contribution in [-0.4, -0.2) is 40.4 Å². The van der Waals surface area contributed by atoms with Crippen LogP contribution in [0.3, 0.4) is 0 Å². The molecule has 0 spiro atoms. The van der Waals surface area contributed by atoms with Crippen LogP contribution in [0.15, 0.2) is 30.5 Å². The number of hydrogen-bond donors (Lipinski definition) is 1. The van der Waals surface area contributed by atoms with Crippen molar-refractivity contribution in [2.45, 2.75) is 39.3 Å². The van der Waals surface area contributed by atoms with E-state index in [4.69, 9.17) is 9.47 Å². The first kappa shape index (κ1) is 19.7. The predicted octanol–water partition coefficient (Wildman–Crippen LogP) is 2.52. The van der Waals surface area contributed by atoms with Crippen molar-refractivity contribution in [2.24, 2.45) is 0 Å². The maximum Gasteiger partial charge on any atom is 0.313 e. The van der Waals surface area contributed by atoms with Gasteiger partial charge in [-0.3, -0.25) is 14.3 Å². The second kappa shape index (κ2) is 9.15. The number of carbonyl (C=O) groups is 2. The highest BCUT2D eigenvalue weighted by Crippen LogP contribution is 2.22. The summed E-state index contributed by atoms with van der Waals surface area (Å²) in [5, 5.41) is 14.5. The Bertz CT molecular complexity index is 752. The molecule has 1 aromatic heterocycles. The summed E-state index contributed by atoms with van der Waals surface area (Å²) in [6.45, 7) is 4.13. The first-order valence-electron chi connectivity index (χ1n) is 8.55. The minimum atomic E-state index is -0.867. The standard InChI is InChI=1S/C19H24N2O5/c1-4-16(22)19-15(17(23)10-18(24)26-5-2)12-21(20-19)11-13-6-8-14(25-3)9-7-13/h6-9,12,16,22H,4-5,10-11H2,1-3H3. The van der Waals surface area contributed by atoms with Gasteiger partial charge >= 0.3 is 5.97 Å². The Morgan fingerprint density at radius 3 is 2.50 bits per heavy atom. The lowest BCUT2D eigenvalue weighted by molar-refractivity contribution is -0.141. The fraction of sp³-hybridized carbons (Fsp3) is 0.421. The summed E-state index contributed by atoms with van der Waals surface area (Å²) in [4.78, 5) is 24.0. The van der Waals surface area contributed by atoms with E-state index in [9.17, 15) is 14.7 Å². The van der Waals surface area contributed by atoms with Gasteiger partial charge in [0.05, 0.1) is 31.9 Å². The zero-order valence-corrected chi connectivity index (χ0v) is 15.3. The van der Waals surface area contributed by atoms with Crippen molar-refractivity contribution in [1.29, 1.82) is 0 Å². The normalized spacial score (nSPS) is 11.8. The Morgan fingerprint density at radius 2 is 1.92 bits per heavy atom. The molecule has 0 aliphatic heterocycles. The average molecular weight is 360 g/mol. The van der Waals surface area contributed by atoms with Crippen LogP contribution in [0.1, 0.15) is 54.4 Å².